The van der Waals surface area contributed by atoms with Gasteiger partial charge in [0.05, 0.1) is 5.54 Å². The van der Waals surface area contributed by atoms with Crippen LogP contribution < -0.4 is 5.73 Å². The molecule has 2 rings (SSSR count). The molecule has 0 radical (unpaired) electrons. The lowest BCUT2D eigenvalue weighted by molar-refractivity contribution is 0.135. The van der Waals surface area contributed by atoms with Crippen LogP contribution in [0.15, 0.2) is 18.2 Å². The number of nitrogens with two attached hydrogens (primary N) is 1. The topological polar surface area (TPSA) is 29.3 Å². The minimum Gasteiger partial charge on any atom is -0.328 e. The average molecular weight is 246 g/mol. The van der Waals surface area contributed by atoms with Crippen LogP contribution >= 0.6 is 0 Å². The van der Waals surface area contributed by atoms with Gasteiger partial charge >= 0.3 is 0 Å². The van der Waals surface area contributed by atoms with Crippen molar-refractivity contribution in [3.63, 3.8) is 0 Å². The van der Waals surface area contributed by atoms with Crippen LogP contribution in [0.1, 0.15) is 49.3 Å². The molecule has 0 saturated carbocycles. The van der Waals surface area contributed by atoms with Crippen LogP contribution in [0.4, 0.5) is 0 Å². The Balaban J connectivity index is 2.50. The van der Waals surface area contributed by atoms with Crippen molar-refractivity contribution in [1.82, 2.24) is 4.90 Å². The Labute approximate surface area is 111 Å². The molecule has 0 aromatic heterocycles. The molecule has 0 bridgehead atoms. The lowest BCUT2D eigenvalue weighted by atomic mass is 9.74. The fourth-order valence-corrected chi connectivity index (χ4v) is 3.20. The van der Waals surface area contributed by atoms with E-state index in [1.165, 1.54) is 36.0 Å². The molecule has 2 nitrogen and oxygen atoms in total. The van der Waals surface area contributed by atoms with Crippen molar-refractivity contribution >= 4 is 0 Å². The number of rotatable bonds is 3. The van der Waals surface area contributed by atoms with Gasteiger partial charge < -0.3 is 5.73 Å². The van der Waals surface area contributed by atoms with E-state index in [0.717, 1.165) is 0 Å². The van der Waals surface area contributed by atoms with E-state index in [0.29, 0.717) is 12.5 Å². The van der Waals surface area contributed by atoms with Gasteiger partial charge in [-0.3, -0.25) is 4.90 Å². The Bertz CT molecular complexity index is 423. The van der Waals surface area contributed by atoms with Crippen LogP contribution in [-0.2, 0) is 12.0 Å². The lowest BCUT2D eigenvalue weighted by Gasteiger charge is -2.44. The van der Waals surface area contributed by atoms with Gasteiger partial charge in [0.25, 0.3) is 0 Å². The molecule has 1 unspecified atom stereocenters. The van der Waals surface area contributed by atoms with E-state index in [9.17, 15) is 0 Å². The van der Waals surface area contributed by atoms with Gasteiger partial charge in [-0.1, -0.05) is 32.0 Å². The zero-order chi connectivity index (χ0) is 13.3. The second kappa shape index (κ2) is 5.02. The third-order valence-corrected chi connectivity index (χ3v) is 4.53. The van der Waals surface area contributed by atoms with Crippen LogP contribution in [0, 0.1) is 0 Å². The molecule has 0 spiro atoms. The van der Waals surface area contributed by atoms with Crippen molar-refractivity contribution < 1.29 is 0 Å². The molecule has 1 aliphatic carbocycles. The lowest BCUT2D eigenvalue weighted by Crippen LogP contribution is -2.49. The van der Waals surface area contributed by atoms with Crippen molar-refractivity contribution in [3.8, 4) is 0 Å². The Hall–Kier alpha value is -0.860. The van der Waals surface area contributed by atoms with Gasteiger partial charge in [0, 0.05) is 6.54 Å². The Morgan fingerprint density at radius 1 is 1.33 bits per heavy atom. The summed E-state index contributed by atoms with van der Waals surface area (Å²) in [6, 6.07) is 6.99. The number of likely N-dealkylation sites (N-methyl/N-ethyl adjacent to an activating group) is 1. The molecule has 0 aliphatic heterocycles. The van der Waals surface area contributed by atoms with Crippen LogP contribution in [0.5, 0.6) is 0 Å². The number of fused-ring (bicyclic) bond motifs is 1. The molecule has 1 aromatic rings. The molecule has 2 N–H and O–H groups in total. The van der Waals surface area contributed by atoms with E-state index >= 15 is 0 Å². The van der Waals surface area contributed by atoms with E-state index in [4.69, 9.17) is 5.73 Å². The highest BCUT2D eigenvalue weighted by Gasteiger charge is 2.37. The normalized spacial score (nSPS) is 23.5. The van der Waals surface area contributed by atoms with Crippen molar-refractivity contribution in [1.29, 1.82) is 0 Å². The molecule has 1 aromatic carbocycles. The molecule has 18 heavy (non-hydrogen) atoms. The van der Waals surface area contributed by atoms with E-state index in [2.05, 4.69) is 51.0 Å². The fraction of sp³-hybridized carbons (Fsp3) is 0.625. The molecule has 0 saturated heterocycles. The zero-order valence-electron chi connectivity index (χ0n) is 12.2. The number of benzene rings is 1. The summed E-state index contributed by atoms with van der Waals surface area (Å²) in [7, 11) is 4.30. The van der Waals surface area contributed by atoms with Gasteiger partial charge in [-0.2, -0.15) is 0 Å². The summed E-state index contributed by atoms with van der Waals surface area (Å²) < 4.78 is 0. The highest BCUT2D eigenvalue weighted by molar-refractivity contribution is 5.40. The first-order valence-electron chi connectivity index (χ1n) is 7.02. The summed E-state index contributed by atoms with van der Waals surface area (Å²) in [5, 5.41) is 0. The molecule has 100 valence electrons. The zero-order valence-corrected chi connectivity index (χ0v) is 12.2. The monoisotopic (exact) mass is 246 g/mol. The summed E-state index contributed by atoms with van der Waals surface area (Å²) in [5.41, 5.74) is 10.6. The van der Waals surface area contributed by atoms with E-state index in [-0.39, 0.29) is 5.54 Å². The summed E-state index contributed by atoms with van der Waals surface area (Å²) in [6.07, 6.45) is 3.61. The minimum atomic E-state index is 0.0447. The number of hydrogen-bond acceptors (Lipinski definition) is 2. The third kappa shape index (κ3) is 2.08. The summed E-state index contributed by atoms with van der Waals surface area (Å²) >= 11 is 0. The Morgan fingerprint density at radius 3 is 2.61 bits per heavy atom. The summed E-state index contributed by atoms with van der Waals surface area (Å²) in [5.74, 6) is 0.601. The van der Waals surface area contributed by atoms with Crippen molar-refractivity contribution in [3.05, 3.63) is 34.9 Å². The Morgan fingerprint density at radius 2 is 2.06 bits per heavy atom. The fourth-order valence-electron chi connectivity index (χ4n) is 3.20. The molecule has 0 fully saturated rings. The second-order valence-corrected chi connectivity index (χ2v) is 6.05. The second-order valence-electron chi connectivity index (χ2n) is 6.05. The summed E-state index contributed by atoms with van der Waals surface area (Å²) in [4.78, 5) is 2.31. The highest BCUT2D eigenvalue weighted by Crippen LogP contribution is 2.39. The maximum Gasteiger partial charge on any atom is 0.0581 e. The quantitative estimate of drug-likeness (QED) is 0.888. The van der Waals surface area contributed by atoms with Crippen LogP contribution in [0.25, 0.3) is 0 Å². The van der Waals surface area contributed by atoms with Gasteiger partial charge in [0.2, 0.25) is 0 Å². The first kappa shape index (κ1) is 13.6. The van der Waals surface area contributed by atoms with E-state index < -0.39 is 0 Å². The van der Waals surface area contributed by atoms with Crippen molar-refractivity contribution in [2.45, 2.75) is 44.6 Å². The first-order valence-corrected chi connectivity index (χ1v) is 7.02. The molecule has 1 aliphatic rings. The minimum absolute atomic E-state index is 0.0447. The van der Waals surface area contributed by atoms with Crippen molar-refractivity contribution in [2.75, 3.05) is 20.6 Å². The van der Waals surface area contributed by atoms with Gasteiger partial charge in [-0.15, -0.1) is 0 Å². The number of aryl methyl sites for hydroxylation is 1. The predicted octanol–water partition coefficient (Wildman–Crippen LogP) is 2.86. The largest absolute Gasteiger partial charge is 0.328 e. The van der Waals surface area contributed by atoms with Gasteiger partial charge in [-0.25, -0.2) is 0 Å². The summed E-state index contributed by atoms with van der Waals surface area (Å²) in [6.45, 7) is 5.22. The third-order valence-electron chi connectivity index (χ3n) is 4.53. The van der Waals surface area contributed by atoms with Crippen LogP contribution in [0.2, 0.25) is 0 Å². The van der Waals surface area contributed by atoms with Crippen LogP contribution in [-0.4, -0.2) is 25.5 Å². The van der Waals surface area contributed by atoms with Gasteiger partial charge in [0.15, 0.2) is 0 Å². The van der Waals surface area contributed by atoms with Crippen LogP contribution in [0.3, 0.4) is 0 Å². The first-order chi connectivity index (χ1) is 8.51. The SMILES string of the molecule is CC(C)c1ccc2c(c1)CCCC2(CN)N(C)C. The molecular weight excluding hydrogens is 220 g/mol. The maximum absolute atomic E-state index is 6.11. The van der Waals surface area contributed by atoms with E-state index in [1.54, 1.807) is 0 Å². The molecular formula is C16H26N2. The molecule has 1 atom stereocenters. The van der Waals surface area contributed by atoms with Crippen molar-refractivity contribution in [2.24, 2.45) is 5.73 Å². The van der Waals surface area contributed by atoms with Gasteiger partial charge in [-0.05, 0) is 56.0 Å². The maximum atomic E-state index is 6.11. The standard InChI is InChI=1S/C16H26N2/c1-12(2)13-7-8-15-14(10-13)6-5-9-16(15,11-17)18(3)4/h7-8,10,12H,5-6,9,11,17H2,1-4H3. The smallest absolute Gasteiger partial charge is 0.0581 e. The number of nitrogens with zero attached hydrogens (tertiary/aromatic N) is 1. The predicted molar refractivity (Wildman–Crippen MR) is 77.9 cm³/mol. The molecule has 0 amide bonds. The number of hydrogen-bond donors (Lipinski definition) is 1. The van der Waals surface area contributed by atoms with E-state index in [1.807, 2.05) is 0 Å². The van der Waals surface area contributed by atoms with Gasteiger partial charge in [0.1, 0.15) is 0 Å². The molecule has 2 heteroatoms. The average Bonchev–Trinajstić information content (AvgIpc) is 2.36. The Kier molecular flexibility index (Phi) is 3.79. The highest BCUT2D eigenvalue weighted by atomic mass is 15.2. The molecule has 0 heterocycles.